The molecule has 0 saturated carbocycles. The Labute approximate surface area is 121 Å². The lowest BCUT2D eigenvalue weighted by molar-refractivity contribution is -0.117. The highest BCUT2D eigenvalue weighted by Crippen LogP contribution is 2.35. The Kier molecular flexibility index (Phi) is 3.24. The van der Waals surface area contributed by atoms with Crippen LogP contribution in [0.2, 0.25) is 5.02 Å². The van der Waals surface area contributed by atoms with E-state index in [-0.39, 0.29) is 11.8 Å². The zero-order valence-electron chi connectivity index (χ0n) is 10.6. The van der Waals surface area contributed by atoms with Gasteiger partial charge in [-0.1, -0.05) is 35.9 Å². The van der Waals surface area contributed by atoms with Gasteiger partial charge in [0.15, 0.2) is 0 Å². The third-order valence-corrected chi connectivity index (χ3v) is 3.63. The van der Waals surface area contributed by atoms with Crippen molar-refractivity contribution >= 4 is 28.9 Å². The zero-order chi connectivity index (χ0) is 14.1. The Morgan fingerprint density at radius 3 is 2.85 bits per heavy atom. The zero-order valence-corrected chi connectivity index (χ0v) is 11.4. The molecule has 0 fully saturated rings. The lowest BCUT2D eigenvalue weighted by Gasteiger charge is -2.13. The van der Waals surface area contributed by atoms with Gasteiger partial charge >= 0.3 is 0 Å². The van der Waals surface area contributed by atoms with Gasteiger partial charge in [0, 0.05) is 5.56 Å². The molecule has 0 radical (unpaired) electrons. The van der Waals surface area contributed by atoms with Crippen LogP contribution >= 0.6 is 11.6 Å². The van der Waals surface area contributed by atoms with Crippen molar-refractivity contribution in [1.82, 2.24) is 0 Å². The van der Waals surface area contributed by atoms with Gasteiger partial charge in [-0.3, -0.25) is 4.79 Å². The van der Waals surface area contributed by atoms with Gasteiger partial charge in [-0.25, -0.2) is 0 Å². The van der Waals surface area contributed by atoms with Crippen LogP contribution in [0.25, 0.3) is 0 Å². The number of halogens is 1. The molecule has 2 aromatic rings. The normalized spacial score (nSPS) is 16.4. The van der Waals surface area contributed by atoms with Gasteiger partial charge in [0.05, 0.1) is 16.4 Å². The van der Waals surface area contributed by atoms with Gasteiger partial charge in [-0.2, -0.15) is 0 Å². The first kappa shape index (κ1) is 12.8. The first-order valence-electron chi connectivity index (χ1n) is 6.23. The Hall–Kier alpha value is -2.20. The average Bonchev–Trinajstić information content (AvgIpc) is 2.87. The smallest absolute Gasteiger partial charge is 0.235 e. The summed E-state index contributed by atoms with van der Waals surface area (Å²) in [6.45, 7) is 0.329. The molecular formula is C15H13ClN2O2. The van der Waals surface area contributed by atoms with Crippen molar-refractivity contribution in [3.8, 4) is 5.75 Å². The van der Waals surface area contributed by atoms with Crippen LogP contribution in [0.5, 0.6) is 5.75 Å². The summed E-state index contributed by atoms with van der Waals surface area (Å²) in [7, 11) is 0. The lowest BCUT2D eigenvalue weighted by Crippen LogP contribution is -2.22. The first-order chi connectivity index (χ1) is 9.66. The molecule has 1 unspecified atom stereocenters. The van der Waals surface area contributed by atoms with Crippen LogP contribution < -0.4 is 15.8 Å². The maximum absolute atomic E-state index is 12.4. The molecule has 1 amide bonds. The summed E-state index contributed by atoms with van der Waals surface area (Å²) < 4.78 is 5.51. The maximum atomic E-state index is 12.4. The summed E-state index contributed by atoms with van der Waals surface area (Å²) in [6.07, 6.45) is 0. The largest absolute Gasteiger partial charge is 0.492 e. The van der Waals surface area contributed by atoms with Crippen molar-refractivity contribution in [2.45, 2.75) is 5.92 Å². The molecular weight excluding hydrogens is 276 g/mol. The standard InChI is InChI=1S/C15H13ClN2O2/c16-11-5-3-6-12(17)14(11)18-15(19)10-8-20-13-7-2-1-4-9(10)13/h1-7,10H,8,17H2,(H,18,19). The molecule has 0 bridgehead atoms. The minimum absolute atomic E-state index is 0.172. The Balaban J connectivity index is 1.85. The second kappa shape index (κ2) is 5.06. The van der Waals surface area contributed by atoms with Gasteiger partial charge in [-0.15, -0.1) is 0 Å². The minimum atomic E-state index is -0.345. The van der Waals surface area contributed by atoms with Crippen LogP contribution in [0.15, 0.2) is 42.5 Å². The number of nitrogen functional groups attached to an aromatic ring is 1. The van der Waals surface area contributed by atoms with Crippen LogP contribution in [0.3, 0.4) is 0 Å². The Morgan fingerprint density at radius 1 is 1.25 bits per heavy atom. The van der Waals surface area contributed by atoms with E-state index >= 15 is 0 Å². The van der Waals surface area contributed by atoms with E-state index in [2.05, 4.69) is 5.32 Å². The molecule has 3 rings (SSSR count). The number of hydrogen-bond acceptors (Lipinski definition) is 3. The average molecular weight is 289 g/mol. The van der Waals surface area contributed by atoms with Crippen LogP contribution in [0, 0.1) is 0 Å². The van der Waals surface area contributed by atoms with Gasteiger partial charge < -0.3 is 15.8 Å². The number of amides is 1. The summed E-state index contributed by atoms with van der Waals surface area (Å²) in [5, 5.41) is 3.21. The molecule has 5 heteroatoms. The van der Waals surface area contributed by atoms with Crippen molar-refractivity contribution in [3.63, 3.8) is 0 Å². The van der Waals surface area contributed by atoms with Crippen LogP contribution in [0.1, 0.15) is 11.5 Å². The van der Waals surface area contributed by atoms with Crippen molar-refractivity contribution < 1.29 is 9.53 Å². The van der Waals surface area contributed by atoms with Gasteiger partial charge in [0.2, 0.25) is 5.91 Å². The number of benzene rings is 2. The molecule has 0 aromatic heterocycles. The minimum Gasteiger partial charge on any atom is -0.492 e. The topological polar surface area (TPSA) is 64.3 Å². The van der Waals surface area contributed by atoms with Crippen LogP contribution in [-0.4, -0.2) is 12.5 Å². The SMILES string of the molecule is Nc1cccc(Cl)c1NC(=O)C1COc2ccccc21. The highest BCUT2D eigenvalue weighted by Gasteiger charge is 2.30. The number of rotatable bonds is 2. The summed E-state index contributed by atoms with van der Waals surface area (Å²) in [6, 6.07) is 12.6. The highest BCUT2D eigenvalue weighted by atomic mass is 35.5. The number of fused-ring (bicyclic) bond motifs is 1. The molecule has 102 valence electrons. The molecule has 0 saturated heterocycles. The van der Waals surface area contributed by atoms with E-state index in [1.54, 1.807) is 18.2 Å². The second-order valence-electron chi connectivity index (χ2n) is 4.59. The summed E-state index contributed by atoms with van der Waals surface area (Å²) in [5.74, 6) is 0.233. The monoisotopic (exact) mass is 288 g/mol. The Bertz CT molecular complexity index is 652. The molecule has 3 N–H and O–H groups in total. The number of carbonyl (C=O) groups excluding carboxylic acids is 1. The number of para-hydroxylation sites is 2. The third kappa shape index (κ3) is 2.18. The number of nitrogens with one attached hydrogen (secondary N) is 1. The third-order valence-electron chi connectivity index (χ3n) is 3.31. The second-order valence-corrected chi connectivity index (χ2v) is 5.00. The fourth-order valence-corrected chi connectivity index (χ4v) is 2.49. The molecule has 1 aliphatic heterocycles. The number of nitrogens with two attached hydrogens (primary N) is 1. The van der Waals surface area contributed by atoms with E-state index in [0.717, 1.165) is 11.3 Å². The molecule has 1 aliphatic rings. The number of hydrogen-bond donors (Lipinski definition) is 2. The van der Waals surface area contributed by atoms with E-state index in [1.807, 2.05) is 24.3 Å². The van der Waals surface area contributed by atoms with Crippen LogP contribution in [-0.2, 0) is 4.79 Å². The fraction of sp³-hybridized carbons (Fsp3) is 0.133. The quantitative estimate of drug-likeness (QED) is 0.835. The molecule has 0 aliphatic carbocycles. The molecule has 4 nitrogen and oxygen atoms in total. The Morgan fingerprint density at radius 2 is 2.05 bits per heavy atom. The summed E-state index contributed by atoms with van der Waals surface area (Å²) in [5.41, 5.74) is 7.61. The summed E-state index contributed by atoms with van der Waals surface area (Å²) >= 11 is 6.05. The number of anilines is 2. The van der Waals surface area contributed by atoms with E-state index in [1.165, 1.54) is 0 Å². The van der Waals surface area contributed by atoms with Gasteiger partial charge in [0.25, 0.3) is 0 Å². The number of ether oxygens (including phenoxy) is 1. The molecule has 1 heterocycles. The predicted molar refractivity (Wildman–Crippen MR) is 79.2 cm³/mol. The van der Waals surface area contributed by atoms with E-state index in [4.69, 9.17) is 22.1 Å². The van der Waals surface area contributed by atoms with Gasteiger partial charge in [0.1, 0.15) is 18.3 Å². The molecule has 0 spiro atoms. The van der Waals surface area contributed by atoms with Gasteiger partial charge in [-0.05, 0) is 18.2 Å². The fourth-order valence-electron chi connectivity index (χ4n) is 2.26. The molecule has 20 heavy (non-hydrogen) atoms. The van der Waals surface area contributed by atoms with E-state index in [0.29, 0.717) is 23.0 Å². The number of carbonyl (C=O) groups is 1. The first-order valence-corrected chi connectivity index (χ1v) is 6.61. The highest BCUT2D eigenvalue weighted by molar-refractivity contribution is 6.34. The summed E-state index contributed by atoms with van der Waals surface area (Å²) in [4.78, 5) is 12.4. The van der Waals surface area contributed by atoms with Crippen molar-refractivity contribution in [3.05, 3.63) is 53.1 Å². The molecule has 2 aromatic carbocycles. The van der Waals surface area contributed by atoms with E-state index < -0.39 is 0 Å². The van der Waals surface area contributed by atoms with E-state index in [9.17, 15) is 4.79 Å². The van der Waals surface area contributed by atoms with Crippen molar-refractivity contribution in [1.29, 1.82) is 0 Å². The van der Waals surface area contributed by atoms with Crippen LogP contribution in [0.4, 0.5) is 11.4 Å². The predicted octanol–water partition coefficient (Wildman–Crippen LogP) is 3.04. The molecule has 1 atom stereocenters. The van der Waals surface area contributed by atoms with Crippen molar-refractivity contribution in [2.24, 2.45) is 0 Å². The van der Waals surface area contributed by atoms with Crippen molar-refractivity contribution in [2.75, 3.05) is 17.7 Å². The maximum Gasteiger partial charge on any atom is 0.235 e. The lowest BCUT2D eigenvalue weighted by atomic mass is 10.0.